The Labute approximate surface area is 106 Å². The molecule has 0 spiro atoms. The van der Waals surface area contributed by atoms with Crippen molar-refractivity contribution in [2.24, 2.45) is 14.1 Å². The molecule has 2 rings (SSSR count). The van der Waals surface area contributed by atoms with Crippen LogP contribution in [0.3, 0.4) is 0 Å². The number of aromatic nitrogens is 4. The minimum absolute atomic E-state index is 0.0359. The Balaban J connectivity index is 2.12. The van der Waals surface area contributed by atoms with E-state index in [1.165, 1.54) is 0 Å². The van der Waals surface area contributed by atoms with Crippen molar-refractivity contribution in [1.29, 1.82) is 0 Å². The van der Waals surface area contributed by atoms with Gasteiger partial charge in [0.25, 0.3) is 5.91 Å². The van der Waals surface area contributed by atoms with Crippen LogP contribution in [0.1, 0.15) is 21.7 Å². The summed E-state index contributed by atoms with van der Waals surface area (Å²) in [6.07, 6.45) is 3.47. The summed E-state index contributed by atoms with van der Waals surface area (Å²) in [5.41, 5.74) is 2.37. The average molecular weight is 247 g/mol. The van der Waals surface area contributed by atoms with Crippen molar-refractivity contribution in [1.82, 2.24) is 24.5 Å². The van der Waals surface area contributed by atoms with Gasteiger partial charge in [-0.25, -0.2) is 0 Å². The minimum atomic E-state index is -0.0359. The lowest BCUT2D eigenvalue weighted by atomic mass is 10.2. The van der Waals surface area contributed by atoms with E-state index in [-0.39, 0.29) is 5.91 Å². The predicted octanol–water partition coefficient (Wildman–Crippen LogP) is 0.734. The molecule has 0 N–H and O–H groups in total. The fourth-order valence-corrected chi connectivity index (χ4v) is 1.78. The van der Waals surface area contributed by atoms with Gasteiger partial charge in [0.15, 0.2) is 0 Å². The molecule has 0 fully saturated rings. The van der Waals surface area contributed by atoms with Gasteiger partial charge in [0.05, 0.1) is 24.0 Å². The van der Waals surface area contributed by atoms with Crippen LogP contribution in [-0.2, 0) is 20.6 Å². The Morgan fingerprint density at radius 3 is 2.67 bits per heavy atom. The maximum Gasteiger partial charge on any atom is 0.257 e. The fourth-order valence-electron chi connectivity index (χ4n) is 1.78. The molecule has 0 radical (unpaired) electrons. The maximum atomic E-state index is 12.2. The van der Waals surface area contributed by atoms with Gasteiger partial charge in [-0.3, -0.25) is 14.2 Å². The van der Waals surface area contributed by atoms with Crippen LogP contribution in [0.25, 0.3) is 0 Å². The van der Waals surface area contributed by atoms with Crippen molar-refractivity contribution in [3.63, 3.8) is 0 Å². The first-order valence-electron chi connectivity index (χ1n) is 5.71. The molecule has 2 aromatic heterocycles. The third-order valence-corrected chi connectivity index (χ3v) is 2.98. The summed E-state index contributed by atoms with van der Waals surface area (Å²) < 4.78 is 3.42. The van der Waals surface area contributed by atoms with E-state index in [1.54, 1.807) is 27.5 Å². The minimum Gasteiger partial charge on any atom is -0.336 e. The Hall–Kier alpha value is -2.11. The highest BCUT2D eigenvalue weighted by molar-refractivity contribution is 5.94. The zero-order valence-corrected chi connectivity index (χ0v) is 11.1. The maximum absolute atomic E-state index is 12.2. The van der Waals surface area contributed by atoms with E-state index >= 15 is 0 Å². The monoisotopic (exact) mass is 247 g/mol. The normalized spacial score (nSPS) is 10.7. The molecule has 0 saturated heterocycles. The fraction of sp³-hybridized carbons (Fsp3) is 0.417. The van der Waals surface area contributed by atoms with Gasteiger partial charge >= 0.3 is 0 Å². The zero-order valence-electron chi connectivity index (χ0n) is 11.1. The third kappa shape index (κ3) is 2.27. The molecule has 0 aromatic carbocycles. The van der Waals surface area contributed by atoms with Crippen LogP contribution in [0, 0.1) is 6.92 Å². The van der Waals surface area contributed by atoms with Crippen LogP contribution >= 0.6 is 0 Å². The average Bonchev–Trinajstić information content (AvgIpc) is 2.87. The highest BCUT2D eigenvalue weighted by atomic mass is 16.2. The van der Waals surface area contributed by atoms with Gasteiger partial charge in [-0.1, -0.05) is 0 Å². The Morgan fingerprint density at radius 2 is 2.17 bits per heavy atom. The van der Waals surface area contributed by atoms with E-state index in [2.05, 4.69) is 10.2 Å². The van der Waals surface area contributed by atoms with Crippen LogP contribution in [0.2, 0.25) is 0 Å². The Bertz CT molecular complexity index is 569. The van der Waals surface area contributed by atoms with E-state index in [0.29, 0.717) is 12.1 Å². The van der Waals surface area contributed by atoms with E-state index in [0.717, 1.165) is 11.4 Å². The highest BCUT2D eigenvalue weighted by Crippen LogP contribution is 2.10. The van der Waals surface area contributed by atoms with Gasteiger partial charge in [0, 0.05) is 33.0 Å². The second-order valence-electron chi connectivity index (χ2n) is 4.41. The number of carbonyl (C=O) groups is 1. The number of carbonyl (C=O) groups excluding carboxylic acids is 1. The number of nitrogens with zero attached hydrogens (tertiary/aromatic N) is 5. The summed E-state index contributed by atoms with van der Waals surface area (Å²) in [7, 11) is 5.45. The molecule has 0 saturated carbocycles. The van der Waals surface area contributed by atoms with Crippen molar-refractivity contribution in [3.05, 3.63) is 35.4 Å². The largest absolute Gasteiger partial charge is 0.336 e. The highest BCUT2D eigenvalue weighted by Gasteiger charge is 2.17. The molecule has 0 aliphatic rings. The van der Waals surface area contributed by atoms with Crippen molar-refractivity contribution < 1.29 is 4.79 Å². The number of aryl methyl sites for hydroxylation is 2. The SMILES string of the molecule is Cc1c(C(=O)N(C)Cc2ccn(C)n2)cnn1C. The number of amides is 1. The summed E-state index contributed by atoms with van der Waals surface area (Å²) in [6, 6.07) is 1.90. The van der Waals surface area contributed by atoms with Gasteiger partial charge in [0.1, 0.15) is 0 Å². The molecule has 0 atom stereocenters. The lowest BCUT2D eigenvalue weighted by molar-refractivity contribution is 0.0782. The molecule has 0 aliphatic heterocycles. The topological polar surface area (TPSA) is 56.0 Å². The molecule has 96 valence electrons. The number of rotatable bonds is 3. The van der Waals surface area contributed by atoms with E-state index in [9.17, 15) is 4.79 Å². The van der Waals surface area contributed by atoms with Gasteiger partial charge in [0.2, 0.25) is 0 Å². The third-order valence-electron chi connectivity index (χ3n) is 2.98. The molecule has 2 aromatic rings. The van der Waals surface area contributed by atoms with Gasteiger partial charge in [-0.05, 0) is 13.0 Å². The van der Waals surface area contributed by atoms with E-state index in [4.69, 9.17) is 0 Å². The second kappa shape index (κ2) is 4.64. The van der Waals surface area contributed by atoms with Gasteiger partial charge < -0.3 is 4.90 Å². The molecule has 1 amide bonds. The lowest BCUT2D eigenvalue weighted by Crippen LogP contribution is -2.26. The van der Waals surface area contributed by atoms with Crippen LogP contribution in [0.15, 0.2) is 18.5 Å². The molecule has 6 heteroatoms. The molecule has 0 bridgehead atoms. The molecule has 0 aliphatic carbocycles. The zero-order chi connectivity index (χ0) is 13.3. The van der Waals surface area contributed by atoms with Crippen molar-refractivity contribution in [3.8, 4) is 0 Å². The molecule has 18 heavy (non-hydrogen) atoms. The molecular weight excluding hydrogens is 230 g/mol. The number of hydrogen-bond acceptors (Lipinski definition) is 3. The van der Waals surface area contributed by atoms with Crippen LogP contribution < -0.4 is 0 Å². The predicted molar refractivity (Wildman–Crippen MR) is 67.0 cm³/mol. The van der Waals surface area contributed by atoms with Gasteiger partial charge in [-0.15, -0.1) is 0 Å². The lowest BCUT2D eigenvalue weighted by Gasteiger charge is -2.15. The summed E-state index contributed by atoms with van der Waals surface area (Å²) in [5, 5.41) is 8.34. The molecule has 0 unspecified atom stereocenters. The Kier molecular flexibility index (Phi) is 3.18. The van der Waals surface area contributed by atoms with Crippen molar-refractivity contribution >= 4 is 5.91 Å². The molecular formula is C12H17N5O. The first kappa shape index (κ1) is 12.3. The first-order valence-corrected chi connectivity index (χ1v) is 5.71. The van der Waals surface area contributed by atoms with Crippen LogP contribution in [0.4, 0.5) is 0 Å². The van der Waals surface area contributed by atoms with Crippen molar-refractivity contribution in [2.75, 3.05) is 7.05 Å². The van der Waals surface area contributed by atoms with Crippen LogP contribution in [0.5, 0.6) is 0 Å². The summed E-state index contributed by atoms with van der Waals surface area (Å²) in [5.74, 6) is -0.0359. The van der Waals surface area contributed by atoms with Crippen molar-refractivity contribution in [2.45, 2.75) is 13.5 Å². The molecule has 2 heterocycles. The summed E-state index contributed by atoms with van der Waals surface area (Å²) in [6.45, 7) is 2.38. The Morgan fingerprint density at radius 1 is 1.44 bits per heavy atom. The quantitative estimate of drug-likeness (QED) is 0.803. The molecule has 6 nitrogen and oxygen atoms in total. The summed E-state index contributed by atoms with van der Waals surface area (Å²) >= 11 is 0. The van der Waals surface area contributed by atoms with Crippen LogP contribution in [-0.4, -0.2) is 37.4 Å². The summed E-state index contributed by atoms with van der Waals surface area (Å²) in [4.78, 5) is 13.9. The van der Waals surface area contributed by atoms with Gasteiger partial charge in [-0.2, -0.15) is 10.2 Å². The smallest absolute Gasteiger partial charge is 0.257 e. The number of hydrogen-bond donors (Lipinski definition) is 0. The second-order valence-corrected chi connectivity index (χ2v) is 4.41. The standard InChI is InChI=1S/C12H17N5O/c1-9-11(7-13-17(9)4)12(18)15(2)8-10-5-6-16(3)14-10/h5-7H,8H2,1-4H3. The van der Waals surface area contributed by atoms with E-state index in [1.807, 2.05) is 33.3 Å². The van der Waals surface area contributed by atoms with E-state index < -0.39 is 0 Å². The first-order chi connectivity index (χ1) is 8.49.